The Bertz CT molecular complexity index is 401. The van der Waals surface area contributed by atoms with Gasteiger partial charge in [-0.05, 0) is 6.07 Å². The van der Waals surface area contributed by atoms with Gasteiger partial charge >= 0.3 is 0 Å². The molecule has 78 valence electrons. The third kappa shape index (κ3) is 3.08. The van der Waals surface area contributed by atoms with Crippen LogP contribution in [-0.4, -0.2) is 8.42 Å². The van der Waals surface area contributed by atoms with E-state index >= 15 is 0 Å². The van der Waals surface area contributed by atoms with Gasteiger partial charge in [-0.15, -0.1) is 0 Å². The summed E-state index contributed by atoms with van der Waals surface area (Å²) in [5.74, 6) is 0. The maximum atomic E-state index is 11.0. The molecule has 1 aromatic rings. The van der Waals surface area contributed by atoms with Crippen LogP contribution >= 0.6 is 0 Å². The van der Waals surface area contributed by atoms with Gasteiger partial charge in [-0.2, -0.15) is 0 Å². The number of unbranched alkanes of at least 4 members (excludes halogenated alkanes) is 1. The second-order valence-corrected chi connectivity index (χ2v) is 4.74. The molecule has 0 unspecified atom stereocenters. The minimum absolute atomic E-state index is 0.163. The minimum Gasteiger partial charge on any atom is -0.224 e. The van der Waals surface area contributed by atoms with Crippen molar-refractivity contribution in [2.75, 3.05) is 0 Å². The second-order valence-electron chi connectivity index (χ2n) is 3.18. The van der Waals surface area contributed by atoms with Gasteiger partial charge in [0, 0.05) is 12.5 Å². The van der Waals surface area contributed by atoms with Gasteiger partial charge in [0.2, 0.25) is 10.0 Å². The molecule has 0 aliphatic carbocycles. The van der Waals surface area contributed by atoms with Crippen molar-refractivity contribution in [1.29, 1.82) is 0 Å². The summed E-state index contributed by atoms with van der Waals surface area (Å²) in [5, 5.41) is 5.01. The number of rotatable bonds is 4. The lowest BCUT2D eigenvalue weighted by Crippen LogP contribution is -2.34. The quantitative estimate of drug-likeness (QED) is 0.740. The molecule has 4 nitrogen and oxygen atoms in total. The Kier molecular flexibility index (Phi) is 3.60. The zero-order chi connectivity index (χ0) is 10.6. The van der Waals surface area contributed by atoms with Crippen molar-refractivity contribution in [3.05, 3.63) is 24.5 Å². The molecule has 0 aliphatic heterocycles. The number of aromatic nitrogens is 1. The van der Waals surface area contributed by atoms with Gasteiger partial charge in [0.25, 0.3) is 0 Å². The van der Waals surface area contributed by atoms with Crippen LogP contribution in [0.2, 0.25) is 0 Å². The molecule has 0 bridgehead atoms. The summed E-state index contributed by atoms with van der Waals surface area (Å²) in [7, 11) is -3.57. The first-order valence-electron chi connectivity index (χ1n) is 4.56. The molecular weight excluding hydrogens is 200 g/mol. The van der Waals surface area contributed by atoms with Gasteiger partial charge < -0.3 is 0 Å². The average molecular weight is 215 g/mol. The summed E-state index contributed by atoms with van der Waals surface area (Å²) >= 11 is 0. The van der Waals surface area contributed by atoms with E-state index in [4.69, 9.17) is 5.14 Å². The summed E-state index contributed by atoms with van der Waals surface area (Å²) in [4.78, 5) is 0.163. The van der Waals surface area contributed by atoms with Crippen LogP contribution in [0.15, 0.2) is 29.4 Å². The summed E-state index contributed by atoms with van der Waals surface area (Å²) in [5.41, 5.74) is 0. The largest absolute Gasteiger partial charge is 0.243 e. The van der Waals surface area contributed by atoms with Crippen LogP contribution in [0.4, 0.5) is 0 Å². The van der Waals surface area contributed by atoms with Crippen molar-refractivity contribution in [2.45, 2.75) is 31.2 Å². The number of nitrogens with two attached hydrogens (primary N) is 1. The maximum absolute atomic E-state index is 11.0. The minimum atomic E-state index is -3.57. The van der Waals surface area contributed by atoms with E-state index in [2.05, 4.69) is 6.92 Å². The highest BCUT2D eigenvalue weighted by Gasteiger charge is 2.11. The van der Waals surface area contributed by atoms with E-state index in [1.165, 1.54) is 6.07 Å². The Morgan fingerprint density at radius 3 is 2.79 bits per heavy atom. The number of hydrogen-bond acceptors (Lipinski definition) is 2. The van der Waals surface area contributed by atoms with Crippen LogP contribution in [0.25, 0.3) is 0 Å². The molecule has 0 saturated heterocycles. The van der Waals surface area contributed by atoms with Gasteiger partial charge in [-0.25, -0.2) is 18.1 Å². The molecular formula is C9H15N2O2S+. The molecule has 0 radical (unpaired) electrons. The monoisotopic (exact) mass is 215 g/mol. The highest BCUT2D eigenvalue weighted by Crippen LogP contribution is 2.01. The molecule has 1 aromatic heterocycles. The van der Waals surface area contributed by atoms with Crippen molar-refractivity contribution in [3.63, 3.8) is 0 Å². The van der Waals surface area contributed by atoms with E-state index in [1.54, 1.807) is 12.3 Å². The topological polar surface area (TPSA) is 64.0 Å². The lowest BCUT2D eigenvalue weighted by molar-refractivity contribution is -0.699. The Morgan fingerprint density at radius 1 is 1.50 bits per heavy atom. The van der Waals surface area contributed by atoms with Gasteiger partial charge in [-0.3, -0.25) is 0 Å². The highest BCUT2D eigenvalue weighted by atomic mass is 32.2. The Hall–Kier alpha value is -0.940. The molecule has 0 aliphatic rings. The second kappa shape index (κ2) is 4.52. The lowest BCUT2D eigenvalue weighted by Gasteiger charge is -1.97. The van der Waals surface area contributed by atoms with E-state index in [0.717, 1.165) is 19.4 Å². The summed E-state index contributed by atoms with van der Waals surface area (Å²) in [6.07, 6.45) is 5.50. The smallest absolute Gasteiger partial charge is 0.224 e. The molecule has 0 aromatic carbocycles. The number of hydrogen-bond donors (Lipinski definition) is 1. The number of nitrogens with zero attached hydrogens (tertiary/aromatic N) is 1. The first-order chi connectivity index (χ1) is 6.54. The average Bonchev–Trinajstić information content (AvgIpc) is 2.14. The molecule has 0 amide bonds. The van der Waals surface area contributed by atoms with Crippen LogP contribution < -0.4 is 9.71 Å². The number of sulfonamides is 1. The Morgan fingerprint density at radius 2 is 2.21 bits per heavy atom. The predicted octanol–water partition coefficient (Wildman–Crippen LogP) is 0.422. The van der Waals surface area contributed by atoms with Crippen LogP contribution in [-0.2, 0) is 16.6 Å². The molecule has 0 spiro atoms. The first kappa shape index (κ1) is 11.1. The zero-order valence-electron chi connectivity index (χ0n) is 8.18. The fourth-order valence-corrected chi connectivity index (χ4v) is 1.70. The molecule has 2 N–H and O–H groups in total. The highest BCUT2D eigenvalue weighted by molar-refractivity contribution is 7.89. The van der Waals surface area contributed by atoms with Gasteiger partial charge in [0.05, 0.1) is 0 Å². The number of aryl methyl sites for hydroxylation is 1. The van der Waals surface area contributed by atoms with Crippen molar-refractivity contribution in [3.8, 4) is 0 Å². The standard InChI is InChI=1S/C9H15N2O2S/c1-2-3-6-11-7-4-5-9(8-11)14(10,12)13/h4-5,7-8H,2-3,6H2,1H3,(H2,10,12,13)/q+1. The summed E-state index contributed by atoms with van der Waals surface area (Å²) < 4.78 is 23.9. The molecule has 1 heterocycles. The predicted molar refractivity (Wildman–Crippen MR) is 52.9 cm³/mol. The third-order valence-electron chi connectivity index (χ3n) is 1.93. The van der Waals surface area contributed by atoms with Crippen LogP contribution in [0.3, 0.4) is 0 Å². The van der Waals surface area contributed by atoms with Crippen molar-refractivity contribution < 1.29 is 13.0 Å². The van der Waals surface area contributed by atoms with E-state index in [-0.39, 0.29) is 4.90 Å². The normalized spacial score (nSPS) is 11.6. The molecule has 0 saturated carbocycles. The Balaban J connectivity index is 2.90. The Labute approximate surface area is 84.4 Å². The van der Waals surface area contributed by atoms with Crippen LogP contribution in [0.1, 0.15) is 19.8 Å². The number of pyridine rings is 1. The van der Waals surface area contributed by atoms with E-state index in [0.29, 0.717) is 0 Å². The van der Waals surface area contributed by atoms with Gasteiger partial charge in [0.15, 0.2) is 12.4 Å². The van der Waals surface area contributed by atoms with Gasteiger partial charge in [0.1, 0.15) is 11.4 Å². The SMILES string of the molecule is CCCC[n+]1cccc(S(N)(=O)=O)c1. The van der Waals surface area contributed by atoms with E-state index < -0.39 is 10.0 Å². The fraction of sp³-hybridized carbons (Fsp3) is 0.444. The molecule has 0 atom stereocenters. The van der Waals surface area contributed by atoms with Crippen LogP contribution in [0.5, 0.6) is 0 Å². The van der Waals surface area contributed by atoms with E-state index in [9.17, 15) is 8.42 Å². The summed E-state index contributed by atoms with van der Waals surface area (Å²) in [6.45, 7) is 2.91. The van der Waals surface area contributed by atoms with Crippen molar-refractivity contribution in [1.82, 2.24) is 0 Å². The molecule has 14 heavy (non-hydrogen) atoms. The van der Waals surface area contributed by atoms with Crippen LogP contribution in [0, 0.1) is 0 Å². The van der Waals surface area contributed by atoms with Crippen molar-refractivity contribution in [2.24, 2.45) is 5.14 Å². The fourth-order valence-electron chi connectivity index (χ4n) is 1.15. The van der Waals surface area contributed by atoms with Crippen molar-refractivity contribution >= 4 is 10.0 Å². The third-order valence-corrected chi connectivity index (χ3v) is 2.83. The maximum Gasteiger partial charge on any atom is 0.243 e. The van der Waals surface area contributed by atoms with Gasteiger partial charge in [-0.1, -0.05) is 13.3 Å². The summed E-state index contributed by atoms with van der Waals surface area (Å²) in [6, 6.07) is 3.19. The first-order valence-corrected chi connectivity index (χ1v) is 6.10. The molecule has 5 heteroatoms. The zero-order valence-corrected chi connectivity index (χ0v) is 9.00. The number of primary sulfonamides is 1. The lowest BCUT2D eigenvalue weighted by atomic mass is 10.3. The molecule has 1 rings (SSSR count). The molecule has 0 fully saturated rings. The van der Waals surface area contributed by atoms with E-state index in [1.807, 2.05) is 10.8 Å².